The Morgan fingerprint density at radius 3 is 1.27 bits per heavy atom. The zero-order chi connectivity index (χ0) is 43.5. The number of carboxylic acids is 2. The van der Waals surface area contributed by atoms with Gasteiger partial charge in [-0.05, 0) is 60.0 Å². The number of Topliss-reactive ketones (excluding diaryl/α,β-unsaturated/α-hetero) is 1. The molecule has 60 heavy (non-hydrogen) atoms. The normalized spacial score (nSPS) is 12.2. The molecule has 0 aliphatic carbocycles. The highest BCUT2D eigenvalue weighted by molar-refractivity contribution is 7.74. The second kappa shape index (κ2) is 22.8. The van der Waals surface area contributed by atoms with Crippen LogP contribution in [0.3, 0.4) is 0 Å². The number of benzene rings is 5. The number of carboxylic acid groups (broad SMARTS) is 2. The van der Waals surface area contributed by atoms with Crippen molar-refractivity contribution in [3.63, 3.8) is 0 Å². The third-order valence-corrected chi connectivity index (χ3v) is 13.5. The monoisotopic (exact) mass is 856 g/mol. The van der Waals surface area contributed by atoms with Crippen molar-refractivity contribution in [3.8, 4) is 0 Å². The molecule has 0 bridgehead atoms. The molecule has 2 atom stereocenters. The van der Waals surface area contributed by atoms with E-state index in [4.69, 9.17) is 24.0 Å². The van der Waals surface area contributed by atoms with E-state index < -0.39 is 76.2 Å². The van der Waals surface area contributed by atoms with Gasteiger partial charge < -0.3 is 34.6 Å². The van der Waals surface area contributed by atoms with Gasteiger partial charge in [-0.1, -0.05) is 117 Å². The number of ketones is 1. The number of rotatable bonds is 19. The summed E-state index contributed by atoms with van der Waals surface area (Å²) >= 11 is 0. The van der Waals surface area contributed by atoms with E-state index in [0.29, 0.717) is 21.2 Å². The Hall–Kier alpha value is -6.17. The molecule has 14 nitrogen and oxygen atoms in total. The fraction of sp³-hybridized carbons (Fsp3) is 0.205. The van der Waals surface area contributed by atoms with Gasteiger partial charge in [0.25, 0.3) is 14.7 Å². The van der Waals surface area contributed by atoms with Gasteiger partial charge in [0.15, 0.2) is 5.78 Å². The van der Waals surface area contributed by atoms with Crippen LogP contribution < -0.4 is 31.9 Å². The lowest BCUT2D eigenvalue weighted by atomic mass is 10.0. The van der Waals surface area contributed by atoms with Crippen LogP contribution in [0, 0.1) is 5.92 Å². The molecule has 0 unspecified atom stereocenters. The number of alkyl carbamates (subject to hydrolysis) is 1. The third-order valence-electron chi connectivity index (χ3n) is 8.63. The third kappa shape index (κ3) is 13.7. The maximum atomic E-state index is 13.9. The van der Waals surface area contributed by atoms with Crippen molar-refractivity contribution in [3.05, 3.63) is 157 Å². The van der Waals surface area contributed by atoms with Crippen LogP contribution in [0.15, 0.2) is 152 Å². The number of hydrogen-bond acceptors (Lipinski definition) is 10. The minimum atomic E-state index is -3.50. The summed E-state index contributed by atoms with van der Waals surface area (Å²) in [5.74, 6) is -4.48. The smallest absolute Gasteiger partial charge is 0.408 e. The summed E-state index contributed by atoms with van der Waals surface area (Å²) in [6.45, 7) is 2.43. The Labute approximate surface area is 347 Å². The molecule has 5 aromatic carbocycles. The highest BCUT2D eigenvalue weighted by Crippen LogP contribution is 2.46. The highest BCUT2D eigenvalue weighted by atomic mass is 31.2. The largest absolute Gasteiger partial charge is 0.481 e. The van der Waals surface area contributed by atoms with Gasteiger partial charge in [-0.3, -0.25) is 23.5 Å². The van der Waals surface area contributed by atoms with Crippen LogP contribution in [0.5, 0.6) is 0 Å². The van der Waals surface area contributed by atoms with E-state index in [1.165, 1.54) is 0 Å². The van der Waals surface area contributed by atoms with Crippen LogP contribution in [0.25, 0.3) is 0 Å². The molecular weight excluding hydrogens is 810 g/mol. The standard InChI is InChI=1S/C27H24O5P2.C17H22N2O7/c28-23(21-31-33(29,24-13-5-1-6-14-24)25-15-7-2-8-16-25)22-32-34(30,26-17-9-3-10-18-26)27-19-11-4-12-20-27;1-10(2)14(15(22)18-12(16(23)24)8-13(20)21)19-17(25)26-9-11-6-4-3-5-7-11/h1-20H,21-22H2;3-7,10,12,14H,8-9H2,1-2H3,(H,18,22)(H,19,25)(H,20,21)(H,23,24)/t;12-,14-/m.0/s1. The Kier molecular flexibility index (Phi) is 17.7. The van der Waals surface area contributed by atoms with Crippen LogP contribution in [-0.4, -0.2) is 65.2 Å². The van der Waals surface area contributed by atoms with Crippen LogP contribution in [0.4, 0.5) is 4.79 Å². The molecular formula is C44H46N2O12P2. The highest BCUT2D eigenvalue weighted by Gasteiger charge is 2.33. The molecule has 16 heteroatoms. The first kappa shape index (κ1) is 46.5. The molecule has 2 amide bonds. The summed E-state index contributed by atoms with van der Waals surface area (Å²) in [7, 11) is -7.01. The van der Waals surface area contributed by atoms with E-state index in [-0.39, 0.29) is 12.5 Å². The Morgan fingerprint density at radius 2 is 0.933 bits per heavy atom. The molecule has 5 rings (SSSR count). The Morgan fingerprint density at radius 1 is 0.567 bits per heavy atom. The molecule has 4 N–H and O–H groups in total. The van der Waals surface area contributed by atoms with Crippen LogP contribution in [-0.2, 0) is 48.7 Å². The summed E-state index contributed by atoms with van der Waals surface area (Å²) in [5, 5.41) is 24.2. The quantitative estimate of drug-likeness (QED) is 0.0767. The Balaban J connectivity index is 0.000000276. The number of amides is 2. The summed E-state index contributed by atoms with van der Waals surface area (Å²) in [6, 6.07) is 41.5. The molecule has 0 saturated heterocycles. The number of carbonyl (C=O) groups is 5. The lowest BCUT2D eigenvalue weighted by molar-refractivity contribution is -0.147. The molecule has 0 aromatic heterocycles. The zero-order valence-corrected chi connectivity index (χ0v) is 34.7. The van der Waals surface area contributed by atoms with Gasteiger partial charge in [0, 0.05) is 21.2 Å². The first-order valence-corrected chi connectivity index (χ1v) is 21.9. The number of carbonyl (C=O) groups excluding carboxylic acids is 3. The number of hydrogen-bond donors (Lipinski definition) is 4. The first-order valence-electron chi connectivity index (χ1n) is 18.7. The van der Waals surface area contributed by atoms with Crippen LogP contribution >= 0.6 is 14.7 Å². The van der Waals surface area contributed by atoms with Crippen molar-refractivity contribution in [2.45, 2.75) is 39.0 Å². The van der Waals surface area contributed by atoms with Crippen LogP contribution in [0.1, 0.15) is 25.8 Å². The minimum absolute atomic E-state index is 0.00979. The maximum absolute atomic E-state index is 13.9. The second-order valence-corrected chi connectivity index (χ2v) is 18.2. The van der Waals surface area contributed by atoms with E-state index in [1.54, 1.807) is 135 Å². The van der Waals surface area contributed by atoms with E-state index in [1.807, 2.05) is 30.3 Å². The predicted molar refractivity (Wildman–Crippen MR) is 227 cm³/mol. The maximum Gasteiger partial charge on any atom is 0.408 e. The van der Waals surface area contributed by atoms with Gasteiger partial charge >= 0.3 is 18.0 Å². The number of nitrogens with one attached hydrogen (secondary N) is 2. The van der Waals surface area contributed by atoms with E-state index >= 15 is 0 Å². The van der Waals surface area contributed by atoms with Gasteiger partial charge in [-0.15, -0.1) is 0 Å². The topological polar surface area (TPSA) is 212 Å². The van der Waals surface area contributed by atoms with Gasteiger partial charge in [0.1, 0.15) is 31.9 Å². The fourth-order valence-electron chi connectivity index (χ4n) is 5.52. The molecule has 0 aliphatic heterocycles. The van der Waals surface area contributed by atoms with Crippen molar-refractivity contribution >= 4 is 65.7 Å². The van der Waals surface area contributed by atoms with Crippen molar-refractivity contribution in [1.82, 2.24) is 10.6 Å². The molecule has 0 aliphatic rings. The summed E-state index contributed by atoms with van der Waals surface area (Å²) in [4.78, 5) is 58.7. The molecule has 0 spiro atoms. The molecule has 0 radical (unpaired) electrons. The molecule has 0 saturated carbocycles. The van der Waals surface area contributed by atoms with Gasteiger partial charge in [0.2, 0.25) is 5.91 Å². The lowest BCUT2D eigenvalue weighted by Gasteiger charge is -2.23. The minimum Gasteiger partial charge on any atom is -0.481 e. The summed E-state index contributed by atoms with van der Waals surface area (Å²) < 4.78 is 44.4. The van der Waals surface area contributed by atoms with Gasteiger partial charge in [-0.2, -0.15) is 0 Å². The van der Waals surface area contributed by atoms with Crippen molar-refractivity contribution < 1.29 is 57.1 Å². The number of aliphatic carboxylic acids is 2. The SMILES string of the molecule is CC(C)[C@H](NC(=O)OCc1ccccc1)C(=O)N[C@@H](CC(=O)O)C(=O)O.O=C(COP(=O)(c1ccccc1)c1ccccc1)COP(=O)(c1ccccc1)c1ccccc1. The van der Waals surface area contributed by atoms with Gasteiger partial charge in [0.05, 0.1) is 6.42 Å². The first-order chi connectivity index (χ1) is 28.7. The van der Waals surface area contributed by atoms with Crippen LogP contribution in [0.2, 0.25) is 0 Å². The zero-order valence-electron chi connectivity index (χ0n) is 32.9. The summed E-state index contributed by atoms with van der Waals surface area (Å²) in [6.07, 6.45) is -1.61. The molecule has 0 fully saturated rings. The van der Waals surface area contributed by atoms with E-state index in [9.17, 15) is 33.1 Å². The van der Waals surface area contributed by atoms with E-state index in [2.05, 4.69) is 10.6 Å². The molecule has 314 valence electrons. The molecule has 0 heterocycles. The second-order valence-electron chi connectivity index (χ2n) is 13.5. The van der Waals surface area contributed by atoms with Crippen molar-refractivity contribution in [2.75, 3.05) is 13.2 Å². The van der Waals surface area contributed by atoms with Gasteiger partial charge in [-0.25, -0.2) is 9.59 Å². The summed E-state index contributed by atoms with van der Waals surface area (Å²) in [5.41, 5.74) is 0.764. The lowest BCUT2D eigenvalue weighted by Crippen LogP contribution is -2.54. The van der Waals surface area contributed by atoms with E-state index in [0.717, 1.165) is 5.56 Å². The van der Waals surface area contributed by atoms with Crippen molar-refractivity contribution in [2.24, 2.45) is 5.92 Å². The number of ether oxygens (including phenoxy) is 1. The predicted octanol–water partition coefficient (Wildman–Crippen LogP) is 5.43. The fourth-order valence-corrected chi connectivity index (χ4v) is 9.63. The van der Waals surface area contributed by atoms with Crippen molar-refractivity contribution in [1.29, 1.82) is 0 Å². The Bertz CT molecular complexity index is 2070. The average Bonchev–Trinajstić information content (AvgIpc) is 3.27. The molecule has 5 aromatic rings. The average molecular weight is 857 g/mol.